The number of rotatable bonds is 3. The molecule has 0 spiro atoms. The Morgan fingerprint density at radius 2 is 2.05 bits per heavy atom. The molecule has 1 aliphatic rings. The van der Waals surface area contributed by atoms with Gasteiger partial charge in [-0.1, -0.05) is 24.3 Å². The van der Waals surface area contributed by atoms with Gasteiger partial charge in [0.2, 0.25) is 0 Å². The molecule has 0 aliphatic heterocycles. The van der Waals surface area contributed by atoms with Crippen molar-refractivity contribution in [2.24, 2.45) is 0 Å². The molecule has 3 rings (SSSR count). The van der Waals surface area contributed by atoms with Crippen molar-refractivity contribution in [2.75, 3.05) is 11.9 Å². The lowest BCUT2D eigenvalue weighted by molar-refractivity contribution is 0.571. The van der Waals surface area contributed by atoms with Gasteiger partial charge >= 0.3 is 0 Å². The highest BCUT2D eigenvalue weighted by Gasteiger charge is 2.19. The molecule has 0 saturated carbocycles. The van der Waals surface area contributed by atoms with Crippen LogP contribution >= 0.6 is 15.9 Å². The molecule has 2 aromatic rings. The highest BCUT2D eigenvalue weighted by Crippen LogP contribution is 2.31. The van der Waals surface area contributed by atoms with Crippen LogP contribution in [0.25, 0.3) is 0 Å². The van der Waals surface area contributed by atoms with Gasteiger partial charge in [0.05, 0.1) is 4.47 Å². The summed E-state index contributed by atoms with van der Waals surface area (Å²) in [6.07, 6.45) is 3.61. The zero-order chi connectivity index (χ0) is 13.9. The third-order valence-corrected chi connectivity index (χ3v) is 4.61. The van der Waals surface area contributed by atoms with E-state index in [0.29, 0.717) is 10.4 Å². The summed E-state index contributed by atoms with van der Waals surface area (Å²) in [4.78, 5) is 0. The summed E-state index contributed by atoms with van der Waals surface area (Å²) in [6, 6.07) is 13.9. The Balaban J connectivity index is 1.71. The molecule has 3 heteroatoms. The lowest BCUT2D eigenvalue weighted by atomic mass is 9.83. The van der Waals surface area contributed by atoms with Crippen molar-refractivity contribution in [3.05, 3.63) is 63.9 Å². The molecular weight excluding hydrogens is 317 g/mol. The second-order valence-electron chi connectivity index (χ2n) is 5.30. The average molecular weight is 334 g/mol. The third-order valence-electron chi connectivity index (χ3n) is 3.97. The maximum atomic E-state index is 13.5. The molecule has 0 radical (unpaired) electrons. The van der Waals surface area contributed by atoms with Crippen molar-refractivity contribution >= 4 is 21.6 Å². The molecular formula is C17H17BrFN. The summed E-state index contributed by atoms with van der Waals surface area (Å²) in [5.41, 5.74) is 3.75. The lowest BCUT2D eigenvalue weighted by Gasteiger charge is -2.26. The SMILES string of the molecule is Fc1cc(NCC2CCCc3ccccc32)ccc1Br. The second-order valence-corrected chi connectivity index (χ2v) is 6.15. The van der Waals surface area contributed by atoms with Crippen molar-refractivity contribution < 1.29 is 4.39 Å². The quantitative estimate of drug-likeness (QED) is 0.821. The summed E-state index contributed by atoms with van der Waals surface area (Å²) >= 11 is 3.18. The first-order valence-electron chi connectivity index (χ1n) is 7.01. The normalized spacial score (nSPS) is 17.6. The zero-order valence-corrected chi connectivity index (χ0v) is 12.8. The van der Waals surface area contributed by atoms with Crippen LogP contribution in [0.3, 0.4) is 0 Å². The van der Waals surface area contributed by atoms with Crippen molar-refractivity contribution in [3.8, 4) is 0 Å². The summed E-state index contributed by atoms with van der Waals surface area (Å²) in [5.74, 6) is 0.297. The monoisotopic (exact) mass is 333 g/mol. The van der Waals surface area contributed by atoms with Crippen molar-refractivity contribution in [1.82, 2.24) is 0 Å². The topological polar surface area (TPSA) is 12.0 Å². The molecule has 1 atom stereocenters. The van der Waals surface area contributed by atoms with E-state index in [0.717, 1.165) is 12.2 Å². The highest BCUT2D eigenvalue weighted by atomic mass is 79.9. The number of fused-ring (bicyclic) bond motifs is 1. The molecule has 0 aromatic heterocycles. The summed E-state index contributed by atoms with van der Waals surface area (Å²) in [5, 5.41) is 3.36. The van der Waals surface area contributed by atoms with Crippen LogP contribution in [0.15, 0.2) is 46.9 Å². The number of nitrogens with one attached hydrogen (secondary N) is 1. The number of halogens is 2. The maximum Gasteiger partial charge on any atom is 0.139 e. The molecule has 1 aliphatic carbocycles. The largest absolute Gasteiger partial charge is 0.384 e. The van der Waals surface area contributed by atoms with E-state index in [1.165, 1.54) is 30.4 Å². The molecule has 0 heterocycles. The smallest absolute Gasteiger partial charge is 0.139 e. The molecule has 0 bridgehead atoms. The number of anilines is 1. The van der Waals surface area contributed by atoms with E-state index in [9.17, 15) is 4.39 Å². The Morgan fingerprint density at radius 3 is 2.90 bits per heavy atom. The number of aryl methyl sites for hydroxylation is 1. The number of benzene rings is 2. The van der Waals surface area contributed by atoms with E-state index in [1.54, 1.807) is 12.1 Å². The Labute approximate surface area is 127 Å². The van der Waals surface area contributed by atoms with Crippen LogP contribution in [0.1, 0.15) is 29.9 Å². The number of hydrogen-bond donors (Lipinski definition) is 1. The number of hydrogen-bond acceptors (Lipinski definition) is 1. The molecule has 1 unspecified atom stereocenters. The second kappa shape index (κ2) is 5.96. The molecule has 0 fully saturated rings. The predicted molar refractivity (Wildman–Crippen MR) is 84.7 cm³/mol. The van der Waals surface area contributed by atoms with Gasteiger partial charge in [0, 0.05) is 18.2 Å². The molecule has 0 saturated heterocycles. The minimum atomic E-state index is -0.223. The van der Waals surface area contributed by atoms with Crippen LogP contribution in [0.2, 0.25) is 0 Å². The first-order valence-corrected chi connectivity index (χ1v) is 7.80. The zero-order valence-electron chi connectivity index (χ0n) is 11.2. The van der Waals surface area contributed by atoms with Crippen molar-refractivity contribution in [2.45, 2.75) is 25.2 Å². The standard InChI is InChI=1S/C17H17BrFN/c18-16-9-8-14(10-17(16)19)20-11-13-6-3-5-12-4-1-2-7-15(12)13/h1-2,4,7-10,13,20H,3,5-6,11H2. The summed E-state index contributed by atoms with van der Waals surface area (Å²) in [6.45, 7) is 0.859. The van der Waals surface area contributed by atoms with E-state index in [2.05, 4.69) is 45.5 Å². The van der Waals surface area contributed by atoms with Crippen LogP contribution in [-0.4, -0.2) is 6.54 Å². The minimum Gasteiger partial charge on any atom is -0.384 e. The van der Waals surface area contributed by atoms with Gasteiger partial charge in [0.15, 0.2) is 0 Å². The fourth-order valence-electron chi connectivity index (χ4n) is 2.91. The summed E-state index contributed by atoms with van der Waals surface area (Å²) < 4.78 is 14.0. The van der Waals surface area contributed by atoms with Crippen LogP contribution in [0.5, 0.6) is 0 Å². The van der Waals surface area contributed by atoms with Gasteiger partial charge in [-0.2, -0.15) is 0 Å². The minimum absolute atomic E-state index is 0.223. The van der Waals surface area contributed by atoms with E-state index in [1.807, 2.05) is 6.07 Å². The molecule has 104 valence electrons. The van der Waals surface area contributed by atoms with Gasteiger partial charge in [-0.05, 0) is 64.5 Å². The highest BCUT2D eigenvalue weighted by molar-refractivity contribution is 9.10. The van der Waals surface area contributed by atoms with Gasteiger partial charge in [-0.25, -0.2) is 4.39 Å². The Morgan fingerprint density at radius 1 is 1.20 bits per heavy atom. The Hall–Kier alpha value is -1.35. The van der Waals surface area contributed by atoms with Crippen LogP contribution < -0.4 is 5.32 Å². The van der Waals surface area contributed by atoms with Crippen LogP contribution in [-0.2, 0) is 6.42 Å². The average Bonchev–Trinajstić information content (AvgIpc) is 2.48. The lowest BCUT2D eigenvalue weighted by Crippen LogP contribution is -2.18. The Bertz CT molecular complexity index is 612. The molecule has 20 heavy (non-hydrogen) atoms. The third kappa shape index (κ3) is 2.88. The molecule has 0 amide bonds. The van der Waals surface area contributed by atoms with Gasteiger partial charge in [-0.3, -0.25) is 0 Å². The van der Waals surface area contributed by atoms with E-state index in [-0.39, 0.29) is 5.82 Å². The first-order chi connectivity index (χ1) is 9.74. The summed E-state index contributed by atoms with van der Waals surface area (Å²) in [7, 11) is 0. The van der Waals surface area contributed by atoms with E-state index in [4.69, 9.17) is 0 Å². The van der Waals surface area contributed by atoms with Crippen LogP contribution in [0.4, 0.5) is 10.1 Å². The van der Waals surface area contributed by atoms with Crippen LogP contribution in [0, 0.1) is 5.82 Å². The van der Waals surface area contributed by atoms with Crippen molar-refractivity contribution in [3.63, 3.8) is 0 Å². The van der Waals surface area contributed by atoms with Crippen molar-refractivity contribution in [1.29, 1.82) is 0 Å². The van der Waals surface area contributed by atoms with Gasteiger partial charge in [0.25, 0.3) is 0 Å². The van der Waals surface area contributed by atoms with Gasteiger partial charge in [0.1, 0.15) is 5.82 Å². The fraction of sp³-hybridized carbons (Fsp3) is 0.294. The molecule has 1 nitrogen and oxygen atoms in total. The fourth-order valence-corrected chi connectivity index (χ4v) is 3.16. The van der Waals surface area contributed by atoms with E-state index >= 15 is 0 Å². The van der Waals surface area contributed by atoms with Gasteiger partial charge < -0.3 is 5.32 Å². The Kier molecular flexibility index (Phi) is 4.06. The van der Waals surface area contributed by atoms with Gasteiger partial charge in [-0.15, -0.1) is 0 Å². The first kappa shape index (κ1) is 13.6. The maximum absolute atomic E-state index is 13.5. The molecule has 1 N–H and O–H groups in total. The van der Waals surface area contributed by atoms with E-state index < -0.39 is 0 Å². The predicted octanol–water partition coefficient (Wildman–Crippen LogP) is 5.12. The molecule has 2 aromatic carbocycles.